The number of nitrogens with one attached hydrogen (secondary N) is 1. The zero-order valence-corrected chi connectivity index (χ0v) is 18.5. The van der Waals surface area contributed by atoms with Crippen molar-refractivity contribution in [2.45, 2.75) is 31.1 Å². The van der Waals surface area contributed by atoms with Crippen LogP contribution in [0.3, 0.4) is 0 Å². The summed E-state index contributed by atoms with van der Waals surface area (Å²) in [4.78, 5) is 24.0. The van der Waals surface area contributed by atoms with E-state index in [-0.39, 0.29) is 11.7 Å². The minimum Gasteiger partial charge on any atom is -0.342 e. The molecule has 3 fully saturated rings. The van der Waals surface area contributed by atoms with E-state index >= 15 is 0 Å². The average molecular weight is 467 g/mol. The Hall–Kier alpha value is -3.26. The molecule has 1 amide bonds. The molecule has 3 aliphatic heterocycles. The number of fused-ring (bicyclic) bond motifs is 4. The van der Waals surface area contributed by atoms with Crippen LogP contribution in [-0.4, -0.2) is 39.9 Å². The summed E-state index contributed by atoms with van der Waals surface area (Å²) in [6.07, 6.45) is 2.13. The summed E-state index contributed by atoms with van der Waals surface area (Å²) in [7, 11) is 0. The second-order valence-corrected chi connectivity index (χ2v) is 9.04. The molecular formula is C26H25F3N4O. The molecule has 2 aromatic heterocycles. The Bertz CT molecular complexity index is 1220. The quantitative estimate of drug-likeness (QED) is 0.537. The summed E-state index contributed by atoms with van der Waals surface area (Å²) in [6, 6.07) is 10.8. The van der Waals surface area contributed by atoms with Crippen molar-refractivity contribution in [1.29, 1.82) is 0 Å². The van der Waals surface area contributed by atoms with Crippen molar-refractivity contribution >= 4 is 16.8 Å². The van der Waals surface area contributed by atoms with Gasteiger partial charge in [-0.1, -0.05) is 24.3 Å². The lowest BCUT2D eigenvalue weighted by atomic mass is 9.73. The fraction of sp³-hybridized carbons (Fsp3) is 0.346. The predicted molar refractivity (Wildman–Crippen MR) is 123 cm³/mol. The van der Waals surface area contributed by atoms with Crippen molar-refractivity contribution in [3.05, 3.63) is 84.3 Å². The van der Waals surface area contributed by atoms with Crippen LogP contribution in [0.25, 0.3) is 10.9 Å². The highest BCUT2D eigenvalue weighted by atomic mass is 19.4. The summed E-state index contributed by atoms with van der Waals surface area (Å²) < 4.78 is 39.6. The van der Waals surface area contributed by atoms with Gasteiger partial charge in [0.1, 0.15) is 5.69 Å². The summed E-state index contributed by atoms with van der Waals surface area (Å²) >= 11 is 0. The second kappa shape index (κ2) is 8.83. The van der Waals surface area contributed by atoms with Gasteiger partial charge in [0, 0.05) is 30.4 Å². The molecule has 1 unspecified atom stereocenters. The van der Waals surface area contributed by atoms with Crippen LogP contribution < -0.4 is 5.32 Å². The first kappa shape index (κ1) is 22.5. The molecule has 34 heavy (non-hydrogen) atoms. The predicted octanol–water partition coefficient (Wildman–Crippen LogP) is 5.02. The SMILES string of the molecule is C=C[C@H]1CN2CC[C@H]1C[C@@H]2[C@H](NC(=O)c1cc(C(F)(F)F)ccn1)c1ccnc2ccccc12. The van der Waals surface area contributed by atoms with Gasteiger partial charge in [-0.15, -0.1) is 6.58 Å². The van der Waals surface area contributed by atoms with Gasteiger partial charge in [0.15, 0.2) is 0 Å². The maximum atomic E-state index is 13.2. The van der Waals surface area contributed by atoms with Crippen LogP contribution >= 0.6 is 0 Å². The van der Waals surface area contributed by atoms with Gasteiger partial charge in [0.25, 0.3) is 5.91 Å². The minimum atomic E-state index is -4.55. The van der Waals surface area contributed by atoms with Crippen LogP contribution in [0.2, 0.25) is 0 Å². The Labute approximate surface area is 195 Å². The lowest BCUT2D eigenvalue weighted by Crippen LogP contribution is -2.57. The fourth-order valence-corrected chi connectivity index (χ4v) is 5.44. The molecule has 5 atom stereocenters. The number of nitrogens with zero attached hydrogens (tertiary/aromatic N) is 3. The van der Waals surface area contributed by atoms with Crippen molar-refractivity contribution < 1.29 is 18.0 Å². The van der Waals surface area contributed by atoms with Crippen molar-refractivity contribution in [3.63, 3.8) is 0 Å². The van der Waals surface area contributed by atoms with E-state index in [1.165, 1.54) is 0 Å². The summed E-state index contributed by atoms with van der Waals surface area (Å²) in [5.41, 5.74) is 0.556. The number of benzene rings is 1. The molecule has 2 bridgehead atoms. The number of aromatic nitrogens is 2. The number of carbonyl (C=O) groups excluding carboxylic acids is 1. The van der Waals surface area contributed by atoms with E-state index in [2.05, 4.69) is 26.8 Å². The van der Waals surface area contributed by atoms with Crippen molar-refractivity contribution in [2.75, 3.05) is 13.1 Å². The smallest absolute Gasteiger partial charge is 0.342 e. The molecule has 0 saturated carbocycles. The number of para-hydroxylation sites is 1. The molecule has 0 aliphatic carbocycles. The molecule has 6 rings (SSSR count). The first-order chi connectivity index (χ1) is 16.3. The van der Waals surface area contributed by atoms with E-state index in [1.807, 2.05) is 36.4 Å². The fourth-order valence-electron chi connectivity index (χ4n) is 5.44. The number of hydrogen-bond acceptors (Lipinski definition) is 4. The van der Waals surface area contributed by atoms with E-state index in [0.29, 0.717) is 11.8 Å². The second-order valence-electron chi connectivity index (χ2n) is 9.04. The molecule has 1 aromatic carbocycles. The highest BCUT2D eigenvalue weighted by Crippen LogP contribution is 2.42. The summed E-state index contributed by atoms with van der Waals surface area (Å²) in [6.45, 7) is 5.75. The Kier molecular flexibility index (Phi) is 5.85. The van der Waals surface area contributed by atoms with Crippen LogP contribution in [-0.2, 0) is 6.18 Å². The van der Waals surface area contributed by atoms with Gasteiger partial charge in [0.05, 0.1) is 17.1 Å². The van der Waals surface area contributed by atoms with Crippen molar-refractivity contribution in [2.24, 2.45) is 11.8 Å². The van der Waals surface area contributed by atoms with Crippen LogP contribution in [0.1, 0.15) is 40.5 Å². The highest BCUT2D eigenvalue weighted by molar-refractivity contribution is 5.93. The maximum Gasteiger partial charge on any atom is 0.416 e. The first-order valence-electron chi connectivity index (χ1n) is 11.4. The topological polar surface area (TPSA) is 58.1 Å². The monoisotopic (exact) mass is 466 g/mol. The molecule has 3 aromatic rings. The van der Waals surface area contributed by atoms with E-state index in [1.54, 1.807) is 6.20 Å². The van der Waals surface area contributed by atoms with Crippen molar-refractivity contribution in [1.82, 2.24) is 20.2 Å². The number of amides is 1. The molecule has 1 N–H and O–H groups in total. The Balaban J connectivity index is 1.53. The van der Waals surface area contributed by atoms with Gasteiger partial charge >= 0.3 is 6.18 Å². The number of piperidine rings is 3. The van der Waals surface area contributed by atoms with Gasteiger partial charge in [-0.2, -0.15) is 13.2 Å². The third kappa shape index (κ3) is 4.18. The van der Waals surface area contributed by atoms with Gasteiger partial charge in [0.2, 0.25) is 0 Å². The van der Waals surface area contributed by atoms with Crippen LogP contribution in [0.4, 0.5) is 13.2 Å². The summed E-state index contributed by atoms with van der Waals surface area (Å²) in [5.74, 6) is 0.243. The highest BCUT2D eigenvalue weighted by Gasteiger charge is 2.43. The lowest BCUT2D eigenvalue weighted by Gasteiger charge is -2.51. The number of pyridine rings is 2. The molecule has 3 aliphatic rings. The van der Waals surface area contributed by atoms with Gasteiger partial charge in [-0.25, -0.2) is 0 Å². The molecule has 8 heteroatoms. The zero-order valence-electron chi connectivity index (χ0n) is 18.5. The third-order valence-corrected chi connectivity index (χ3v) is 7.16. The van der Waals surface area contributed by atoms with E-state index < -0.39 is 23.7 Å². The molecule has 0 spiro atoms. The van der Waals surface area contributed by atoms with Crippen molar-refractivity contribution in [3.8, 4) is 0 Å². The van der Waals surface area contributed by atoms with E-state index in [4.69, 9.17) is 0 Å². The molecule has 3 saturated heterocycles. The van der Waals surface area contributed by atoms with Gasteiger partial charge in [-0.3, -0.25) is 19.7 Å². The minimum absolute atomic E-state index is 0.00973. The molecule has 176 valence electrons. The summed E-state index contributed by atoms with van der Waals surface area (Å²) in [5, 5.41) is 3.96. The normalized spacial score (nSPS) is 25.1. The Morgan fingerprint density at radius 3 is 2.71 bits per heavy atom. The number of hydrogen-bond donors (Lipinski definition) is 1. The molecule has 5 heterocycles. The largest absolute Gasteiger partial charge is 0.416 e. The maximum absolute atomic E-state index is 13.2. The molecular weight excluding hydrogens is 441 g/mol. The third-order valence-electron chi connectivity index (χ3n) is 7.16. The molecule has 5 nitrogen and oxygen atoms in total. The number of carbonyl (C=O) groups is 1. The number of rotatable bonds is 5. The standard InChI is InChI=1S/C26H25F3N4O/c1-2-16-15-33-12-9-17(16)13-23(33)24(20-8-11-30-21-6-4-3-5-19(20)21)32-25(34)22-14-18(7-10-31-22)26(27,28)29/h2-8,10-11,14,16-17,23-24H,1,9,12-13,15H2,(H,32,34)/t16-,17-,23+,24+/m0/s1. The van der Waals surface area contributed by atoms with Gasteiger partial charge < -0.3 is 5.32 Å². The van der Waals surface area contributed by atoms with E-state index in [9.17, 15) is 18.0 Å². The Morgan fingerprint density at radius 2 is 1.97 bits per heavy atom. The number of halogens is 3. The molecule has 0 radical (unpaired) electrons. The van der Waals surface area contributed by atoms with Crippen LogP contribution in [0.15, 0.2) is 67.5 Å². The van der Waals surface area contributed by atoms with Crippen LogP contribution in [0.5, 0.6) is 0 Å². The number of alkyl halides is 3. The van der Waals surface area contributed by atoms with E-state index in [0.717, 1.165) is 60.7 Å². The first-order valence-corrected chi connectivity index (χ1v) is 11.4. The average Bonchev–Trinajstić information content (AvgIpc) is 2.86. The zero-order chi connectivity index (χ0) is 23.9. The lowest BCUT2D eigenvalue weighted by molar-refractivity contribution is -0.137. The van der Waals surface area contributed by atoms with Crippen LogP contribution in [0, 0.1) is 11.8 Å². The Morgan fingerprint density at radius 1 is 1.18 bits per heavy atom. The van der Waals surface area contributed by atoms with Gasteiger partial charge in [-0.05, 0) is 61.1 Å².